The maximum atomic E-state index is 12.7. The fourth-order valence-corrected chi connectivity index (χ4v) is 4.96. The molecule has 1 aliphatic heterocycles. The van der Waals surface area contributed by atoms with Gasteiger partial charge in [-0.15, -0.1) is 0 Å². The fourth-order valence-electron chi connectivity index (χ4n) is 3.68. The molecule has 1 saturated heterocycles. The summed E-state index contributed by atoms with van der Waals surface area (Å²) in [5.41, 5.74) is 0.783. The molecule has 1 aromatic heterocycles. The van der Waals surface area contributed by atoms with E-state index in [1.807, 2.05) is 0 Å². The van der Waals surface area contributed by atoms with E-state index in [0.717, 1.165) is 18.4 Å². The van der Waals surface area contributed by atoms with Crippen molar-refractivity contribution in [2.75, 3.05) is 19.7 Å². The molecule has 1 N–H and O–H groups in total. The maximum absolute atomic E-state index is 12.7. The molecular weight excluding hydrogens is 382 g/mol. The number of carbonyl (C=O) groups excluding carboxylic acids is 1. The lowest BCUT2D eigenvalue weighted by Gasteiger charge is -2.30. The minimum Gasteiger partial charge on any atom is -0.474 e. The predicted molar refractivity (Wildman–Crippen MR) is 104 cm³/mol. The van der Waals surface area contributed by atoms with Crippen molar-refractivity contribution >= 4 is 16.2 Å². The Balaban J connectivity index is 1.56. The Morgan fingerprint density at radius 3 is 2.82 bits per heavy atom. The Kier molecular flexibility index (Phi) is 7.25. The molecule has 2 heterocycles. The first-order valence-corrected chi connectivity index (χ1v) is 11.4. The topological polar surface area (TPSA) is 97.8 Å². The molecule has 28 heavy (non-hydrogen) atoms. The zero-order chi connectivity index (χ0) is 20.0. The van der Waals surface area contributed by atoms with Gasteiger partial charge in [0.15, 0.2) is 0 Å². The fraction of sp³-hybridized carbons (Fsp3) is 0.684. The Morgan fingerprint density at radius 2 is 2.07 bits per heavy atom. The van der Waals surface area contributed by atoms with Crippen LogP contribution in [0.25, 0.3) is 0 Å². The molecule has 9 heteroatoms. The lowest BCUT2D eigenvalue weighted by Crippen LogP contribution is -2.47. The van der Waals surface area contributed by atoms with Crippen LogP contribution in [0.5, 0.6) is 5.88 Å². The van der Waals surface area contributed by atoms with Crippen molar-refractivity contribution in [3.8, 4) is 5.88 Å². The van der Waals surface area contributed by atoms with Crippen LogP contribution < -0.4 is 9.46 Å². The van der Waals surface area contributed by atoms with Crippen LogP contribution in [-0.2, 0) is 26.3 Å². The second-order valence-electron chi connectivity index (χ2n) is 7.30. The summed E-state index contributed by atoms with van der Waals surface area (Å²) in [7, 11) is -3.68. The number of esters is 1. The Bertz CT molecular complexity index is 765. The summed E-state index contributed by atoms with van der Waals surface area (Å²) in [6, 6.07) is 3.54. The van der Waals surface area contributed by atoms with Crippen molar-refractivity contribution in [2.24, 2.45) is 5.92 Å². The molecule has 8 nitrogen and oxygen atoms in total. The molecule has 1 aromatic rings. The summed E-state index contributed by atoms with van der Waals surface area (Å²) in [5.74, 6) is -0.202. The molecule has 0 spiro atoms. The van der Waals surface area contributed by atoms with Crippen LogP contribution in [0.1, 0.15) is 51.0 Å². The summed E-state index contributed by atoms with van der Waals surface area (Å²) in [5, 5.41) is 0. The quantitative estimate of drug-likeness (QED) is 0.657. The van der Waals surface area contributed by atoms with Gasteiger partial charge in [-0.1, -0.05) is 0 Å². The number of hydrogen-bond acceptors (Lipinski definition) is 6. The molecule has 0 amide bonds. The van der Waals surface area contributed by atoms with E-state index >= 15 is 0 Å². The number of ether oxygens (including phenoxy) is 2. The third-order valence-electron chi connectivity index (χ3n) is 5.19. The third kappa shape index (κ3) is 5.65. The monoisotopic (exact) mass is 411 g/mol. The second kappa shape index (κ2) is 9.67. The first-order valence-electron chi connectivity index (χ1n) is 10.0. The number of carbonyl (C=O) groups is 1. The molecule has 0 radical (unpaired) electrons. The van der Waals surface area contributed by atoms with Gasteiger partial charge in [-0.05, 0) is 57.1 Å². The third-order valence-corrected chi connectivity index (χ3v) is 6.71. The van der Waals surface area contributed by atoms with Crippen LogP contribution in [0.3, 0.4) is 0 Å². The summed E-state index contributed by atoms with van der Waals surface area (Å²) < 4.78 is 40.2. The van der Waals surface area contributed by atoms with Crippen LogP contribution in [0.4, 0.5) is 0 Å². The summed E-state index contributed by atoms with van der Waals surface area (Å²) in [4.78, 5) is 16.2. The standard InChI is InChI=1S/C19H29N3O5S/c1-2-26-19(23)16-6-5-11-22(14-16)28(24,25)21-13-15-9-10-20-18(12-15)27-17-7-3-4-8-17/h9-10,12,16-17,21H,2-8,11,13-14H2,1H3/t16-/m1/s1. The first-order chi connectivity index (χ1) is 13.5. The average Bonchev–Trinajstić information content (AvgIpc) is 3.20. The zero-order valence-corrected chi connectivity index (χ0v) is 17.1. The van der Waals surface area contributed by atoms with E-state index in [4.69, 9.17) is 9.47 Å². The lowest BCUT2D eigenvalue weighted by molar-refractivity contribution is -0.149. The molecule has 2 aliphatic rings. The van der Waals surface area contributed by atoms with Crippen molar-refractivity contribution in [2.45, 2.75) is 58.1 Å². The summed E-state index contributed by atoms with van der Waals surface area (Å²) in [6.45, 7) is 2.74. The summed E-state index contributed by atoms with van der Waals surface area (Å²) in [6.07, 6.45) is 7.54. The van der Waals surface area contributed by atoms with Gasteiger partial charge in [-0.3, -0.25) is 4.79 Å². The Labute approximate surface area is 166 Å². The van der Waals surface area contributed by atoms with Gasteiger partial charge in [0.2, 0.25) is 5.88 Å². The predicted octanol–water partition coefficient (Wildman–Crippen LogP) is 2.01. The number of aromatic nitrogens is 1. The van der Waals surface area contributed by atoms with Gasteiger partial charge in [0.1, 0.15) is 6.10 Å². The molecule has 3 rings (SSSR count). The lowest BCUT2D eigenvalue weighted by atomic mass is 10.0. The highest BCUT2D eigenvalue weighted by atomic mass is 32.2. The average molecular weight is 412 g/mol. The summed E-state index contributed by atoms with van der Waals surface area (Å²) >= 11 is 0. The van der Waals surface area contributed by atoms with Crippen LogP contribution in [0.15, 0.2) is 18.3 Å². The highest BCUT2D eigenvalue weighted by molar-refractivity contribution is 7.87. The van der Waals surface area contributed by atoms with Gasteiger partial charge < -0.3 is 9.47 Å². The molecule has 156 valence electrons. The largest absolute Gasteiger partial charge is 0.474 e. The molecule has 1 aliphatic carbocycles. The molecule has 1 saturated carbocycles. The van der Waals surface area contributed by atoms with Crippen LogP contribution in [0.2, 0.25) is 0 Å². The smallest absolute Gasteiger partial charge is 0.310 e. The first kappa shape index (κ1) is 21.0. The highest BCUT2D eigenvalue weighted by Gasteiger charge is 2.32. The van der Waals surface area contributed by atoms with Crippen LogP contribution in [0, 0.1) is 5.92 Å². The van der Waals surface area contributed by atoms with Gasteiger partial charge in [0.05, 0.1) is 12.5 Å². The van der Waals surface area contributed by atoms with Gasteiger partial charge in [0.25, 0.3) is 10.2 Å². The van der Waals surface area contributed by atoms with Crippen LogP contribution in [-0.4, -0.2) is 49.5 Å². The van der Waals surface area contributed by atoms with Crippen molar-refractivity contribution < 1.29 is 22.7 Å². The van der Waals surface area contributed by atoms with Crippen molar-refractivity contribution in [1.82, 2.24) is 14.0 Å². The number of piperidine rings is 1. The minimum absolute atomic E-state index is 0.145. The van der Waals surface area contributed by atoms with E-state index < -0.39 is 16.1 Å². The molecule has 0 bridgehead atoms. The van der Waals surface area contributed by atoms with Gasteiger partial charge in [-0.25, -0.2) is 4.98 Å². The normalized spacial score (nSPS) is 21.5. The highest BCUT2D eigenvalue weighted by Crippen LogP contribution is 2.23. The Morgan fingerprint density at radius 1 is 1.29 bits per heavy atom. The minimum atomic E-state index is -3.68. The number of rotatable bonds is 8. The zero-order valence-electron chi connectivity index (χ0n) is 16.3. The molecule has 1 atom stereocenters. The number of nitrogens with one attached hydrogen (secondary N) is 1. The van der Waals surface area contributed by atoms with Gasteiger partial charge in [-0.2, -0.15) is 17.4 Å². The number of pyridine rings is 1. The molecule has 0 aromatic carbocycles. The number of nitrogens with zero attached hydrogens (tertiary/aromatic N) is 2. The van der Waals surface area contributed by atoms with E-state index in [1.54, 1.807) is 25.3 Å². The van der Waals surface area contributed by atoms with Gasteiger partial charge in [0, 0.05) is 31.9 Å². The molecule has 0 unspecified atom stereocenters. The van der Waals surface area contributed by atoms with E-state index in [9.17, 15) is 13.2 Å². The van der Waals surface area contributed by atoms with E-state index in [1.165, 1.54) is 17.1 Å². The van der Waals surface area contributed by atoms with Crippen LogP contribution >= 0.6 is 0 Å². The van der Waals surface area contributed by atoms with Crippen molar-refractivity contribution in [3.63, 3.8) is 0 Å². The van der Waals surface area contributed by atoms with Crippen molar-refractivity contribution in [3.05, 3.63) is 23.9 Å². The van der Waals surface area contributed by atoms with E-state index in [-0.39, 0.29) is 25.2 Å². The molecule has 2 fully saturated rings. The maximum Gasteiger partial charge on any atom is 0.310 e. The van der Waals surface area contributed by atoms with E-state index in [0.29, 0.717) is 31.9 Å². The van der Waals surface area contributed by atoms with Gasteiger partial charge >= 0.3 is 5.97 Å². The van der Waals surface area contributed by atoms with E-state index in [2.05, 4.69) is 9.71 Å². The number of hydrogen-bond donors (Lipinski definition) is 1. The Hall–Kier alpha value is -1.71. The molecular formula is C19H29N3O5S. The second-order valence-corrected chi connectivity index (χ2v) is 9.06. The van der Waals surface area contributed by atoms with Crippen molar-refractivity contribution in [1.29, 1.82) is 0 Å². The SMILES string of the molecule is CCOC(=O)[C@@H]1CCCN(S(=O)(=O)NCc2ccnc(OC3CCCC3)c2)C1.